The number of rotatable bonds is 8. The van der Waals surface area contributed by atoms with E-state index in [1.165, 1.54) is 16.6 Å². The summed E-state index contributed by atoms with van der Waals surface area (Å²) < 4.78 is 69.1. The van der Waals surface area contributed by atoms with Crippen LogP contribution in [0.1, 0.15) is 32.7 Å². The van der Waals surface area contributed by atoms with Gasteiger partial charge >= 0.3 is 6.18 Å². The lowest BCUT2D eigenvalue weighted by atomic mass is 9.95. The Labute approximate surface area is 206 Å². The third-order valence-corrected chi connectivity index (χ3v) is 5.86. The summed E-state index contributed by atoms with van der Waals surface area (Å²) in [5.41, 5.74) is 5.71. The van der Waals surface area contributed by atoms with Gasteiger partial charge in [-0.2, -0.15) is 18.3 Å². The van der Waals surface area contributed by atoms with E-state index in [9.17, 15) is 32.3 Å². The van der Waals surface area contributed by atoms with Gasteiger partial charge in [0.25, 0.3) is 0 Å². The van der Waals surface area contributed by atoms with Crippen LogP contribution in [0.4, 0.5) is 27.8 Å². The van der Waals surface area contributed by atoms with Crippen LogP contribution in [-0.2, 0) is 30.2 Å². The SMILES string of the molecule is Nc1ncnn2c(C=O)c(CCO)c(-c3ccc(CC(=O)Cc4cc(C(F)(F)F)ccc4F)c(F)c3)c12. The fourth-order valence-electron chi connectivity index (χ4n) is 4.20. The van der Waals surface area contributed by atoms with Gasteiger partial charge in [0.1, 0.15) is 35.0 Å². The normalized spacial score (nSPS) is 11.7. The van der Waals surface area contributed by atoms with E-state index in [1.807, 2.05) is 0 Å². The van der Waals surface area contributed by atoms with Gasteiger partial charge in [-0.3, -0.25) is 9.59 Å². The molecule has 0 atom stereocenters. The maximum absolute atomic E-state index is 15.1. The molecule has 0 aliphatic carbocycles. The average Bonchev–Trinajstić information content (AvgIpc) is 3.15. The first-order valence-corrected chi connectivity index (χ1v) is 10.9. The standard InChI is InChI=1S/C25H19F5N4O3/c26-19-4-3-16(25(28,29)30)7-15(19)9-17(37)8-13-1-2-14(10-20(13)27)22-18(5-6-35)21(11-36)34-23(22)24(31)32-12-33-34/h1-4,7,10-12,35H,5-6,8-9H2,(H2,31,32,33). The minimum atomic E-state index is -4.70. The number of nitrogens with zero attached hydrogens (tertiary/aromatic N) is 3. The highest BCUT2D eigenvalue weighted by atomic mass is 19.4. The van der Waals surface area contributed by atoms with Crippen molar-refractivity contribution in [2.75, 3.05) is 12.3 Å². The summed E-state index contributed by atoms with van der Waals surface area (Å²) >= 11 is 0. The van der Waals surface area contributed by atoms with E-state index in [2.05, 4.69) is 10.1 Å². The van der Waals surface area contributed by atoms with Gasteiger partial charge < -0.3 is 10.8 Å². The van der Waals surface area contributed by atoms with Crippen LogP contribution in [0.25, 0.3) is 16.6 Å². The Morgan fingerprint density at radius 1 is 1.05 bits per heavy atom. The number of carbonyl (C=O) groups is 2. The van der Waals surface area contributed by atoms with E-state index in [1.54, 1.807) is 0 Å². The molecule has 7 nitrogen and oxygen atoms in total. The van der Waals surface area contributed by atoms with Crippen molar-refractivity contribution in [3.8, 4) is 11.1 Å². The number of aliphatic hydroxyl groups excluding tert-OH is 1. The number of benzene rings is 2. The Morgan fingerprint density at radius 2 is 1.78 bits per heavy atom. The van der Waals surface area contributed by atoms with Crippen molar-refractivity contribution in [1.29, 1.82) is 0 Å². The number of aldehydes is 1. The van der Waals surface area contributed by atoms with Crippen molar-refractivity contribution in [3.05, 3.63) is 82.3 Å². The molecule has 0 aliphatic rings. The molecule has 0 bridgehead atoms. The predicted molar refractivity (Wildman–Crippen MR) is 123 cm³/mol. The Hall–Kier alpha value is -4.19. The molecule has 12 heteroatoms. The third kappa shape index (κ3) is 5.05. The molecular weight excluding hydrogens is 499 g/mol. The lowest BCUT2D eigenvalue weighted by Gasteiger charge is -2.11. The zero-order valence-corrected chi connectivity index (χ0v) is 19.0. The van der Waals surface area contributed by atoms with Crippen molar-refractivity contribution in [1.82, 2.24) is 14.6 Å². The first-order chi connectivity index (χ1) is 17.5. The maximum atomic E-state index is 15.1. The second kappa shape index (κ2) is 10.1. The Kier molecular flexibility index (Phi) is 7.03. The topological polar surface area (TPSA) is 111 Å². The highest BCUT2D eigenvalue weighted by molar-refractivity contribution is 5.96. The number of fused-ring (bicyclic) bond motifs is 1. The first-order valence-electron chi connectivity index (χ1n) is 10.9. The summed E-state index contributed by atoms with van der Waals surface area (Å²) in [6.07, 6.45) is -4.14. The third-order valence-electron chi connectivity index (χ3n) is 5.86. The van der Waals surface area contributed by atoms with E-state index >= 15 is 4.39 Å². The average molecular weight is 518 g/mol. The molecule has 192 valence electrons. The molecule has 0 fully saturated rings. The molecule has 0 radical (unpaired) electrons. The second-order valence-corrected chi connectivity index (χ2v) is 8.24. The molecule has 37 heavy (non-hydrogen) atoms. The Bertz CT molecular complexity index is 1510. The lowest BCUT2D eigenvalue weighted by molar-refractivity contribution is -0.137. The molecular formula is C25H19F5N4O3. The number of aromatic nitrogens is 3. The minimum Gasteiger partial charge on any atom is -0.396 e. The highest BCUT2D eigenvalue weighted by Crippen LogP contribution is 2.36. The van der Waals surface area contributed by atoms with Crippen LogP contribution in [-0.4, -0.2) is 38.4 Å². The van der Waals surface area contributed by atoms with Crippen LogP contribution >= 0.6 is 0 Å². The number of halogens is 5. The predicted octanol–water partition coefficient (Wildman–Crippen LogP) is 3.98. The first kappa shape index (κ1) is 25.9. The van der Waals surface area contributed by atoms with E-state index in [0.29, 0.717) is 35.6 Å². The van der Waals surface area contributed by atoms with E-state index in [-0.39, 0.29) is 41.2 Å². The van der Waals surface area contributed by atoms with Gasteiger partial charge in [-0.1, -0.05) is 12.1 Å². The fourth-order valence-corrected chi connectivity index (χ4v) is 4.20. The molecule has 0 saturated heterocycles. The second-order valence-electron chi connectivity index (χ2n) is 8.24. The van der Waals surface area contributed by atoms with Crippen LogP contribution in [0, 0.1) is 11.6 Å². The number of hydrogen-bond acceptors (Lipinski definition) is 6. The molecule has 3 N–H and O–H groups in total. The monoisotopic (exact) mass is 518 g/mol. The zero-order chi connectivity index (χ0) is 26.9. The molecule has 4 rings (SSSR count). The number of aliphatic hydroxyl groups is 1. The molecule has 4 aromatic rings. The number of carbonyl (C=O) groups excluding carboxylic acids is 2. The van der Waals surface area contributed by atoms with Crippen molar-refractivity contribution in [2.24, 2.45) is 0 Å². The number of hydrogen-bond donors (Lipinski definition) is 2. The lowest BCUT2D eigenvalue weighted by Crippen LogP contribution is -2.11. The summed E-state index contributed by atoms with van der Waals surface area (Å²) in [7, 11) is 0. The van der Waals surface area contributed by atoms with E-state index < -0.39 is 47.6 Å². The van der Waals surface area contributed by atoms with Gasteiger partial charge in [0, 0.05) is 25.0 Å². The van der Waals surface area contributed by atoms with Crippen molar-refractivity contribution in [3.63, 3.8) is 0 Å². The number of nitrogen functional groups attached to an aromatic ring is 1. The fraction of sp³-hybridized carbons (Fsp3) is 0.200. The van der Waals surface area contributed by atoms with Gasteiger partial charge in [-0.05, 0) is 52.9 Å². The van der Waals surface area contributed by atoms with Crippen LogP contribution in [0.3, 0.4) is 0 Å². The molecule has 0 aliphatic heterocycles. The summed E-state index contributed by atoms with van der Waals surface area (Å²) in [6, 6.07) is 5.64. The number of ketones is 1. The van der Waals surface area contributed by atoms with Crippen molar-refractivity contribution in [2.45, 2.75) is 25.4 Å². The Morgan fingerprint density at radius 3 is 2.43 bits per heavy atom. The maximum Gasteiger partial charge on any atom is 0.416 e. The van der Waals surface area contributed by atoms with Gasteiger partial charge in [0.15, 0.2) is 12.1 Å². The van der Waals surface area contributed by atoms with E-state index in [0.717, 1.165) is 12.4 Å². The van der Waals surface area contributed by atoms with Crippen molar-refractivity contribution < 1.29 is 36.6 Å². The van der Waals surface area contributed by atoms with Gasteiger partial charge in [-0.25, -0.2) is 18.3 Å². The number of nitrogens with two attached hydrogens (primary N) is 1. The van der Waals surface area contributed by atoms with Crippen LogP contribution in [0.15, 0.2) is 42.7 Å². The number of anilines is 1. The van der Waals surface area contributed by atoms with Crippen LogP contribution in [0.5, 0.6) is 0 Å². The minimum absolute atomic E-state index is 0.0140. The number of Topliss-reactive ketones (excluding diaryl/α,β-unsaturated/α-hetero) is 1. The molecule has 0 amide bonds. The van der Waals surface area contributed by atoms with Crippen LogP contribution in [0.2, 0.25) is 0 Å². The largest absolute Gasteiger partial charge is 0.416 e. The summed E-state index contributed by atoms with van der Waals surface area (Å²) in [6.45, 7) is -0.320. The summed E-state index contributed by atoms with van der Waals surface area (Å²) in [5, 5.41) is 13.5. The molecule has 2 aromatic carbocycles. The molecule has 0 unspecified atom stereocenters. The molecule has 2 heterocycles. The number of alkyl halides is 3. The Balaban J connectivity index is 1.66. The zero-order valence-electron chi connectivity index (χ0n) is 19.0. The van der Waals surface area contributed by atoms with Gasteiger partial charge in [0.2, 0.25) is 0 Å². The van der Waals surface area contributed by atoms with Crippen LogP contribution < -0.4 is 5.73 Å². The quantitative estimate of drug-likeness (QED) is 0.270. The molecule has 0 saturated carbocycles. The smallest absolute Gasteiger partial charge is 0.396 e. The van der Waals surface area contributed by atoms with Gasteiger partial charge in [-0.15, -0.1) is 0 Å². The molecule has 2 aromatic heterocycles. The summed E-state index contributed by atoms with van der Waals surface area (Å²) in [5.74, 6) is -2.46. The van der Waals surface area contributed by atoms with Crippen molar-refractivity contribution >= 4 is 23.4 Å². The highest BCUT2D eigenvalue weighted by Gasteiger charge is 2.31. The molecule has 0 spiro atoms. The summed E-state index contributed by atoms with van der Waals surface area (Å²) in [4.78, 5) is 28.2. The van der Waals surface area contributed by atoms with Gasteiger partial charge in [0.05, 0.1) is 5.56 Å². The van der Waals surface area contributed by atoms with E-state index in [4.69, 9.17) is 5.73 Å².